The fourth-order valence-electron chi connectivity index (χ4n) is 1.04. The standard InChI is InChI=1S/C8H10N6/c1-14-5-6(4-10-14)11-8-3-2-7(9)12-13-8/h2-5H,1H3,(H2,9,12)(H,11,13). The van der Waals surface area contributed by atoms with Gasteiger partial charge in [0, 0.05) is 13.2 Å². The minimum atomic E-state index is 0.404. The zero-order chi connectivity index (χ0) is 9.97. The average Bonchev–Trinajstić information content (AvgIpc) is 2.56. The maximum Gasteiger partial charge on any atom is 0.153 e. The van der Waals surface area contributed by atoms with Gasteiger partial charge in [0.05, 0.1) is 11.9 Å². The highest BCUT2D eigenvalue weighted by Crippen LogP contribution is 2.11. The van der Waals surface area contributed by atoms with E-state index >= 15 is 0 Å². The van der Waals surface area contributed by atoms with E-state index in [-0.39, 0.29) is 0 Å². The van der Waals surface area contributed by atoms with E-state index in [1.807, 2.05) is 13.2 Å². The monoisotopic (exact) mass is 190 g/mol. The van der Waals surface area contributed by atoms with E-state index in [9.17, 15) is 0 Å². The largest absolute Gasteiger partial charge is 0.382 e. The van der Waals surface area contributed by atoms with Crippen molar-refractivity contribution in [2.75, 3.05) is 11.1 Å². The summed E-state index contributed by atoms with van der Waals surface area (Å²) in [7, 11) is 1.85. The molecule has 0 spiro atoms. The van der Waals surface area contributed by atoms with Crippen molar-refractivity contribution in [1.29, 1.82) is 0 Å². The van der Waals surface area contributed by atoms with Crippen LogP contribution in [0.1, 0.15) is 0 Å². The number of nitrogens with zero attached hydrogens (tertiary/aromatic N) is 4. The Kier molecular flexibility index (Phi) is 2.02. The Morgan fingerprint density at radius 3 is 2.79 bits per heavy atom. The quantitative estimate of drug-likeness (QED) is 0.722. The second-order valence-electron chi connectivity index (χ2n) is 2.87. The van der Waals surface area contributed by atoms with Gasteiger partial charge in [0.25, 0.3) is 0 Å². The molecular weight excluding hydrogens is 180 g/mol. The molecule has 3 N–H and O–H groups in total. The van der Waals surface area contributed by atoms with Gasteiger partial charge in [0.15, 0.2) is 5.82 Å². The number of aryl methyl sites for hydroxylation is 1. The number of rotatable bonds is 2. The van der Waals surface area contributed by atoms with Gasteiger partial charge in [-0.25, -0.2) is 0 Å². The van der Waals surface area contributed by atoms with Crippen molar-refractivity contribution < 1.29 is 0 Å². The van der Waals surface area contributed by atoms with Gasteiger partial charge < -0.3 is 11.1 Å². The minimum Gasteiger partial charge on any atom is -0.382 e. The summed E-state index contributed by atoms with van der Waals surface area (Å²) in [5.41, 5.74) is 6.27. The SMILES string of the molecule is Cn1cc(Nc2ccc(N)nn2)cn1. The topological polar surface area (TPSA) is 81.7 Å². The predicted octanol–water partition coefficient (Wildman–Crippen LogP) is 0.536. The summed E-state index contributed by atoms with van der Waals surface area (Å²) in [4.78, 5) is 0. The highest BCUT2D eigenvalue weighted by atomic mass is 15.3. The fraction of sp³-hybridized carbons (Fsp3) is 0.125. The summed E-state index contributed by atoms with van der Waals surface area (Å²) in [6.07, 6.45) is 3.55. The van der Waals surface area contributed by atoms with Gasteiger partial charge >= 0.3 is 0 Å². The van der Waals surface area contributed by atoms with E-state index in [0.717, 1.165) is 5.69 Å². The van der Waals surface area contributed by atoms with Crippen LogP contribution in [0.25, 0.3) is 0 Å². The summed E-state index contributed by atoms with van der Waals surface area (Å²) in [5, 5.41) is 14.6. The van der Waals surface area contributed by atoms with Crippen LogP contribution in [0.3, 0.4) is 0 Å². The van der Waals surface area contributed by atoms with Crippen LogP contribution in [0, 0.1) is 0 Å². The van der Waals surface area contributed by atoms with E-state index in [4.69, 9.17) is 5.73 Å². The van der Waals surface area contributed by atoms with E-state index in [1.54, 1.807) is 23.0 Å². The van der Waals surface area contributed by atoms with E-state index in [1.165, 1.54) is 0 Å². The van der Waals surface area contributed by atoms with Crippen LogP contribution in [0.4, 0.5) is 17.3 Å². The molecule has 2 aromatic rings. The smallest absolute Gasteiger partial charge is 0.153 e. The number of aromatic nitrogens is 4. The van der Waals surface area contributed by atoms with E-state index in [0.29, 0.717) is 11.6 Å². The average molecular weight is 190 g/mol. The maximum atomic E-state index is 5.41. The zero-order valence-electron chi connectivity index (χ0n) is 7.68. The molecule has 6 nitrogen and oxygen atoms in total. The molecule has 0 aliphatic heterocycles. The number of anilines is 3. The molecule has 0 aliphatic rings. The van der Waals surface area contributed by atoms with Crippen LogP contribution >= 0.6 is 0 Å². The molecule has 14 heavy (non-hydrogen) atoms. The van der Waals surface area contributed by atoms with Gasteiger partial charge in [-0.1, -0.05) is 0 Å². The molecule has 0 atom stereocenters. The second kappa shape index (κ2) is 3.33. The number of nitrogen functional groups attached to an aromatic ring is 1. The molecule has 0 aromatic carbocycles. The molecule has 2 rings (SSSR count). The van der Waals surface area contributed by atoms with Gasteiger partial charge in [-0.3, -0.25) is 4.68 Å². The summed E-state index contributed by atoms with van der Waals surface area (Å²) < 4.78 is 1.70. The van der Waals surface area contributed by atoms with Crippen molar-refractivity contribution in [3.63, 3.8) is 0 Å². The normalized spacial score (nSPS) is 10.1. The van der Waals surface area contributed by atoms with Crippen LogP contribution in [-0.4, -0.2) is 20.0 Å². The van der Waals surface area contributed by atoms with E-state index < -0.39 is 0 Å². The molecule has 0 aliphatic carbocycles. The molecule has 0 saturated heterocycles. The van der Waals surface area contributed by atoms with Crippen molar-refractivity contribution in [2.45, 2.75) is 0 Å². The van der Waals surface area contributed by atoms with Crippen molar-refractivity contribution in [2.24, 2.45) is 7.05 Å². The molecule has 2 heterocycles. The number of nitrogens with two attached hydrogens (primary N) is 1. The van der Waals surface area contributed by atoms with Gasteiger partial charge in [-0.05, 0) is 12.1 Å². The lowest BCUT2D eigenvalue weighted by Crippen LogP contribution is -1.97. The first kappa shape index (κ1) is 8.49. The van der Waals surface area contributed by atoms with Crippen LogP contribution in [0.2, 0.25) is 0 Å². The van der Waals surface area contributed by atoms with Gasteiger partial charge in [0.1, 0.15) is 5.82 Å². The number of hydrogen-bond acceptors (Lipinski definition) is 5. The van der Waals surface area contributed by atoms with Crippen LogP contribution in [-0.2, 0) is 7.05 Å². The first-order chi connectivity index (χ1) is 6.74. The fourth-order valence-corrected chi connectivity index (χ4v) is 1.04. The highest BCUT2D eigenvalue weighted by molar-refractivity contribution is 5.53. The van der Waals surface area contributed by atoms with Crippen molar-refractivity contribution >= 4 is 17.3 Å². The van der Waals surface area contributed by atoms with Gasteiger partial charge in [0.2, 0.25) is 0 Å². The molecule has 0 radical (unpaired) electrons. The van der Waals surface area contributed by atoms with Crippen LogP contribution < -0.4 is 11.1 Å². The predicted molar refractivity (Wildman–Crippen MR) is 52.9 cm³/mol. The molecule has 6 heteroatoms. The summed E-state index contributed by atoms with van der Waals surface area (Å²) in [6, 6.07) is 3.45. The Morgan fingerprint density at radius 1 is 1.36 bits per heavy atom. The van der Waals surface area contributed by atoms with Crippen LogP contribution in [0.15, 0.2) is 24.5 Å². The molecule has 0 amide bonds. The molecule has 0 fully saturated rings. The summed E-state index contributed by atoms with van der Waals surface area (Å²) in [6.45, 7) is 0. The van der Waals surface area contributed by atoms with Crippen molar-refractivity contribution in [3.05, 3.63) is 24.5 Å². The maximum absolute atomic E-state index is 5.41. The molecule has 0 bridgehead atoms. The van der Waals surface area contributed by atoms with Gasteiger partial charge in [-0.2, -0.15) is 5.10 Å². The number of nitrogens with one attached hydrogen (secondary N) is 1. The first-order valence-electron chi connectivity index (χ1n) is 4.09. The summed E-state index contributed by atoms with van der Waals surface area (Å²) >= 11 is 0. The highest BCUT2D eigenvalue weighted by Gasteiger charge is 1.98. The Morgan fingerprint density at radius 2 is 2.21 bits per heavy atom. The molecule has 0 saturated carbocycles. The lowest BCUT2D eigenvalue weighted by Gasteiger charge is -2.00. The van der Waals surface area contributed by atoms with Gasteiger partial charge in [-0.15, -0.1) is 10.2 Å². The third kappa shape index (κ3) is 1.79. The molecule has 72 valence electrons. The molecule has 2 aromatic heterocycles. The zero-order valence-corrected chi connectivity index (χ0v) is 7.68. The lowest BCUT2D eigenvalue weighted by molar-refractivity contribution is 0.768. The minimum absolute atomic E-state index is 0.404. The Bertz CT molecular complexity index is 418. The molecular formula is C8H10N6. The second-order valence-corrected chi connectivity index (χ2v) is 2.87. The summed E-state index contributed by atoms with van der Waals surface area (Å²) in [5.74, 6) is 1.05. The first-order valence-corrected chi connectivity index (χ1v) is 4.09. The Balaban J connectivity index is 2.15. The molecule has 0 unspecified atom stereocenters. The van der Waals surface area contributed by atoms with Crippen LogP contribution in [0.5, 0.6) is 0 Å². The van der Waals surface area contributed by atoms with E-state index in [2.05, 4.69) is 20.6 Å². The Labute approximate surface area is 80.8 Å². The lowest BCUT2D eigenvalue weighted by atomic mass is 10.5. The third-order valence-electron chi connectivity index (χ3n) is 1.66. The third-order valence-corrected chi connectivity index (χ3v) is 1.66. The number of hydrogen-bond donors (Lipinski definition) is 2. The van der Waals surface area contributed by atoms with Crippen molar-refractivity contribution in [1.82, 2.24) is 20.0 Å². The Hall–Kier alpha value is -2.11. The van der Waals surface area contributed by atoms with Crippen molar-refractivity contribution in [3.8, 4) is 0 Å².